The molecule has 1 aliphatic heterocycles. The zero-order valence-corrected chi connectivity index (χ0v) is 69.5. The van der Waals surface area contributed by atoms with Gasteiger partial charge in [-0.15, -0.1) is 0 Å². The number of fused-ring (bicyclic) bond motifs is 2. The van der Waals surface area contributed by atoms with E-state index in [9.17, 15) is 67.4 Å². The summed E-state index contributed by atoms with van der Waals surface area (Å²) >= 11 is 0. The SMILES string of the molecule is C=CC(=O)CC=C(C)CC1NC(=O)CNC(=O)C(CCc2ccc3ccccc3c2)NC(=O)C(CCCNC(=N)N)NC(=O)C(C)N(CCCCCCNC(=O)CCCCCCC(=O)NCCCCCCNC(=O)C(Cc2ccc(O)cc2)NC(=O)CNC(=O)C(Cc2ccc3ccccc3c2)NC(=O)C(CCCNC(=N)N)NC(=O)CC)C1=O. The van der Waals surface area contributed by atoms with E-state index in [1.54, 1.807) is 32.1 Å². The molecule has 12 amide bonds. The average Bonchev–Trinajstić information content (AvgIpc) is 1.06. The number of nitrogens with zero attached hydrogens (tertiary/aromatic N) is 1. The zero-order chi connectivity index (χ0) is 87.1. The van der Waals surface area contributed by atoms with Gasteiger partial charge < -0.3 is 90.6 Å². The molecule has 7 atom stereocenters. The molecule has 1 fully saturated rings. The Hall–Kier alpha value is -12.3. The molecule has 6 rings (SSSR count). The minimum atomic E-state index is -1.23. The van der Waals surface area contributed by atoms with Crippen molar-refractivity contribution in [2.75, 3.05) is 52.4 Å². The standard InChI is InChI=1S/C88H124N18O14/c1-5-67(107)41-33-58(3)51-74-86(120)106(59(4)80(114)103-70(30-24-49-97-88(91)92)85(119)104-71(81(115)98-57-79(113)102-74)44-38-60-34-39-63-25-15-17-27-65(63)52-60)50-22-12-11-20-46-94-77(111)32-14-8-7-13-31-76(110)93-45-19-9-10-21-47-95-82(116)72(54-61-36-42-68(108)43-37-61)101-78(112)56-99-83(117)73(55-62-35-40-64-26-16-18-28-66(64)53-62)105-84(118)69(100-75(109)6-2)29-23-48-96-87(89)90/h5,15-18,25-28,33-37,39-40,42-43,52-53,59,69-74,108H,1,6-14,19-24,29-32,38,41,44-51,54-57H2,2-4H3,(H,93,110)(H,94,111)(H,95,116)(H,98,115)(H,99,117)(H,100,109)(H,101,112)(H,102,113)(H,103,114)(H,104,119)(H,105,118)(H4,89,90,96)(H4,91,92,97). The minimum absolute atomic E-state index is 0.00237. The van der Waals surface area contributed by atoms with E-state index < -0.39 is 109 Å². The van der Waals surface area contributed by atoms with Gasteiger partial charge >= 0.3 is 0 Å². The molecule has 0 aromatic heterocycles. The van der Waals surface area contributed by atoms with E-state index in [2.05, 4.69) is 75.7 Å². The molecule has 0 spiro atoms. The summed E-state index contributed by atoms with van der Waals surface area (Å²) in [7, 11) is 0. The van der Waals surface area contributed by atoms with Gasteiger partial charge in [0.25, 0.3) is 0 Å². The lowest BCUT2D eigenvalue weighted by atomic mass is 10.0. The van der Waals surface area contributed by atoms with Crippen molar-refractivity contribution in [3.8, 4) is 5.75 Å². The van der Waals surface area contributed by atoms with E-state index in [0.717, 1.165) is 52.8 Å². The van der Waals surface area contributed by atoms with Crippen molar-refractivity contribution >= 4 is 110 Å². The van der Waals surface area contributed by atoms with Gasteiger partial charge in [0.1, 0.15) is 48.0 Å². The second kappa shape index (κ2) is 53.2. The van der Waals surface area contributed by atoms with Crippen molar-refractivity contribution in [3.05, 3.63) is 150 Å². The fourth-order valence-corrected chi connectivity index (χ4v) is 13.7. The summed E-state index contributed by atoms with van der Waals surface area (Å²) in [5.74, 6) is -7.08. The summed E-state index contributed by atoms with van der Waals surface area (Å²) in [4.78, 5) is 178. The van der Waals surface area contributed by atoms with Crippen molar-refractivity contribution in [3.63, 3.8) is 0 Å². The van der Waals surface area contributed by atoms with Crippen LogP contribution in [0.5, 0.6) is 5.75 Å². The highest BCUT2D eigenvalue weighted by Crippen LogP contribution is 2.22. The Labute approximate surface area is 702 Å². The van der Waals surface area contributed by atoms with Crippen LogP contribution in [-0.2, 0) is 81.6 Å². The van der Waals surface area contributed by atoms with Gasteiger partial charge in [0.15, 0.2) is 17.7 Å². The lowest BCUT2D eigenvalue weighted by Gasteiger charge is -2.33. The molecule has 0 aliphatic carbocycles. The average molecular weight is 1660 g/mol. The molecule has 20 N–H and O–H groups in total. The van der Waals surface area contributed by atoms with Gasteiger partial charge in [-0.05, 0) is 154 Å². The highest BCUT2D eigenvalue weighted by molar-refractivity contribution is 5.98. The van der Waals surface area contributed by atoms with Crippen molar-refractivity contribution in [2.45, 2.75) is 224 Å². The number of nitrogens with one attached hydrogen (secondary N) is 15. The Balaban J connectivity index is 0.899. The highest BCUT2D eigenvalue weighted by atomic mass is 16.3. The summed E-state index contributed by atoms with van der Waals surface area (Å²) < 4.78 is 0. The molecular weight excluding hydrogens is 1530 g/mol. The molecule has 32 heteroatoms. The quantitative estimate of drug-likeness (QED) is 0.00823. The minimum Gasteiger partial charge on any atom is -0.508 e. The van der Waals surface area contributed by atoms with Gasteiger partial charge in [0.2, 0.25) is 70.9 Å². The Bertz CT molecular complexity index is 4330. The molecule has 650 valence electrons. The summed E-state index contributed by atoms with van der Waals surface area (Å²) in [6, 6.07) is 25.2. The molecule has 1 aliphatic rings. The summed E-state index contributed by atoms with van der Waals surface area (Å²) in [5.41, 5.74) is 13.8. The number of ketones is 1. The number of hydrogen-bond acceptors (Lipinski definition) is 16. The molecule has 120 heavy (non-hydrogen) atoms. The molecule has 32 nitrogen and oxygen atoms in total. The number of aromatic hydroxyl groups is 1. The number of allylic oxidation sites excluding steroid dienone is 2. The number of phenolic OH excluding ortho intramolecular Hbond substituents is 1. The first-order valence-electron chi connectivity index (χ1n) is 41.8. The van der Waals surface area contributed by atoms with E-state index in [1.807, 2.05) is 84.9 Å². The summed E-state index contributed by atoms with van der Waals surface area (Å²) in [5, 5.41) is 65.1. The van der Waals surface area contributed by atoms with Crippen molar-refractivity contribution < 1.29 is 67.4 Å². The lowest BCUT2D eigenvalue weighted by molar-refractivity contribution is -0.143. The van der Waals surface area contributed by atoms with Crippen LogP contribution < -0.4 is 80.6 Å². The van der Waals surface area contributed by atoms with Crippen LogP contribution in [0.4, 0.5) is 0 Å². The number of aryl methyl sites for hydroxylation is 1. The predicted octanol–water partition coefficient (Wildman–Crippen LogP) is 4.72. The van der Waals surface area contributed by atoms with Crippen LogP contribution in [0.25, 0.3) is 21.5 Å². The maximum absolute atomic E-state index is 14.9. The highest BCUT2D eigenvalue weighted by Gasteiger charge is 2.36. The maximum Gasteiger partial charge on any atom is 0.246 e. The van der Waals surface area contributed by atoms with Crippen LogP contribution in [0.15, 0.2) is 133 Å². The number of nitrogens with two attached hydrogens (primary N) is 2. The Morgan fingerprint density at radius 3 is 1.64 bits per heavy atom. The lowest BCUT2D eigenvalue weighted by Crippen LogP contribution is -2.58. The number of carbonyl (C=O) groups excluding carboxylic acids is 13. The predicted molar refractivity (Wildman–Crippen MR) is 461 cm³/mol. The number of carbonyl (C=O) groups is 13. The second-order valence-electron chi connectivity index (χ2n) is 30.3. The normalized spacial score (nSPS) is 16.1. The number of unbranched alkanes of at least 4 members (excludes halogenated alkanes) is 9. The van der Waals surface area contributed by atoms with E-state index in [0.29, 0.717) is 113 Å². The first-order valence-corrected chi connectivity index (χ1v) is 41.8. The maximum atomic E-state index is 14.9. The molecule has 1 saturated heterocycles. The fraction of sp³-hybridized carbons (Fsp3) is 0.489. The number of phenols is 1. The monoisotopic (exact) mass is 1660 g/mol. The molecule has 7 unspecified atom stereocenters. The van der Waals surface area contributed by atoms with Crippen LogP contribution in [0.2, 0.25) is 0 Å². The van der Waals surface area contributed by atoms with E-state index >= 15 is 0 Å². The third kappa shape index (κ3) is 36.7. The third-order valence-corrected chi connectivity index (χ3v) is 20.6. The smallest absolute Gasteiger partial charge is 0.246 e. The van der Waals surface area contributed by atoms with E-state index in [4.69, 9.17) is 22.3 Å². The second-order valence-corrected chi connectivity index (χ2v) is 30.3. The molecule has 0 bridgehead atoms. The number of hydrogen-bond donors (Lipinski definition) is 18. The summed E-state index contributed by atoms with van der Waals surface area (Å²) in [6.45, 7) is 9.04. The first-order chi connectivity index (χ1) is 57.7. The molecule has 1 heterocycles. The number of amides is 12. The first kappa shape index (κ1) is 96.6. The van der Waals surface area contributed by atoms with Crippen LogP contribution in [-0.4, -0.2) is 193 Å². The van der Waals surface area contributed by atoms with Gasteiger partial charge in [0.05, 0.1) is 13.1 Å². The molecular formula is C88H124N18O14. The largest absolute Gasteiger partial charge is 0.508 e. The summed E-state index contributed by atoms with van der Waals surface area (Å²) in [6.07, 6.45) is 12.9. The van der Waals surface area contributed by atoms with Gasteiger partial charge in [0, 0.05) is 77.8 Å². The Morgan fingerprint density at radius 2 is 1.03 bits per heavy atom. The van der Waals surface area contributed by atoms with Gasteiger partial charge in [-0.1, -0.05) is 161 Å². The van der Waals surface area contributed by atoms with Gasteiger partial charge in [-0.25, -0.2) is 0 Å². The number of benzene rings is 5. The van der Waals surface area contributed by atoms with Crippen molar-refractivity contribution in [1.82, 2.24) is 74.0 Å². The van der Waals surface area contributed by atoms with Gasteiger partial charge in [-0.2, -0.15) is 0 Å². The van der Waals surface area contributed by atoms with E-state index in [1.165, 1.54) is 30.0 Å². The Morgan fingerprint density at radius 1 is 0.525 bits per heavy atom. The van der Waals surface area contributed by atoms with Crippen LogP contribution in [0, 0.1) is 10.8 Å². The van der Waals surface area contributed by atoms with Crippen molar-refractivity contribution in [2.24, 2.45) is 11.5 Å². The Kier molecular flexibility index (Phi) is 42.8. The van der Waals surface area contributed by atoms with Crippen LogP contribution in [0.3, 0.4) is 0 Å². The van der Waals surface area contributed by atoms with Crippen LogP contribution >= 0.6 is 0 Å². The third-order valence-electron chi connectivity index (χ3n) is 20.6. The molecule has 5 aromatic rings. The van der Waals surface area contributed by atoms with Crippen LogP contribution in [0.1, 0.15) is 179 Å². The molecule has 0 saturated carbocycles. The zero-order valence-electron chi connectivity index (χ0n) is 69.5. The fourth-order valence-electron chi connectivity index (χ4n) is 13.7. The topological polar surface area (TPSA) is 502 Å². The number of rotatable bonds is 50. The van der Waals surface area contributed by atoms with Crippen molar-refractivity contribution in [1.29, 1.82) is 10.8 Å². The number of guanidine groups is 2. The van der Waals surface area contributed by atoms with Gasteiger partial charge in [-0.3, -0.25) is 73.1 Å². The van der Waals surface area contributed by atoms with E-state index in [-0.39, 0.29) is 119 Å². The molecule has 5 aromatic carbocycles. The molecule has 0 radical (unpaired) electrons.